The number of nitrogens with zero attached hydrogens (tertiary/aromatic N) is 1. The van der Waals surface area contributed by atoms with Crippen molar-refractivity contribution < 1.29 is 23.1 Å². The zero-order chi connectivity index (χ0) is 26.0. The van der Waals surface area contributed by atoms with Gasteiger partial charge in [0.05, 0.1) is 4.90 Å². The van der Waals surface area contributed by atoms with Gasteiger partial charge in [-0.15, -0.1) is 0 Å². The second kappa shape index (κ2) is 10.6. The molecule has 1 aromatic carbocycles. The predicted molar refractivity (Wildman–Crippen MR) is 136 cm³/mol. The first-order chi connectivity index (χ1) is 17.0. The number of carbonyl (C=O) groups excluding carboxylic acids is 1. The molecule has 194 valence electrons. The number of carboxylic acid groups (broad SMARTS) is 1. The Hall–Kier alpha value is -2.98. The van der Waals surface area contributed by atoms with Crippen molar-refractivity contribution in [2.24, 2.45) is 11.8 Å². The third-order valence-electron chi connectivity index (χ3n) is 7.01. The fraction of sp³-hybridized carbons (Fsp3) is 0.500. The average Bonchev–Trinajstić information content (AvgIpc) is 2.77. The van der Waals surface area contributed by atoms with E-state index in [0.29, 0.717) is 29.9 Å². The molecule has 9 nitrogen and oxygen atoms in total. The fourth-order valence-corrected chi connectivity index (χ4v) is 6.90. The summed E-state index contributed by atoms with van der Waals surface area (Å²) >= 11 is 0. The third kappa shape index (κ3) is 5.87. The summed E-state index contributed by atoms with van der Waals surface area (Å²) in [7, 11) is -4.09. The van der Waals surface area contributed by atoms with Crippen molar-refractivity contribution in [2.75, 3.05) is 18.4 Å². The summed E-state index contributed by atoms with van der Waals surface area (Å²) in [5.74, 6) is -0.501. The van der Waals surface area contributed by atoms with E-state index in [1.165, 1.54) is 5.56 Å². The van der Waals surface area contributed by atoms with Crippen LogP contribution in [-0.4, -0.2) is 49.5 Å². The summed E-state index contributed by atoms with van der Waals surface area (Å²) < 4.78 is 28.2. The minimum atomic E-state index is -4.09. The van der Waals surface area contributed by atoms with Crippen LogP contribution in [0.15, 0.2) is 29.2 Å². The van der Waals surface area contributed by atoms with E-state index < -0.39 is 22.0 Å². The molecule has 36 heavy (non-hydrogen) atoms. The minimum Gasteiger partial charge on any atom is -0.480 e. The number of hydrogen-bond donors (Lipinski definition) is 4. The molecule has 10 heteroatoms. The first-order valence-corrected chi connectivity index (χ1v) is 13.8. The second-order valence-electron chi connectivity index (χ2n) is 10.1. The highest BCUT2D eigenvalue weighted by atomic mass is 32.2. The van der Waals surface area contributed by atoms with Gasteiger partial charge >= 0.3 is 5.97 Å². The molecular weight excluding hydrogens is 480 g/mol. The van der Waals surface area contributed by atoms with Crippen LogP contribution in [-0.2, 0) is 32.5 Å². The number of carbonyl (C=O) groups is 2. The molecule has 0 radical (unpaired) electrons. The van der Waals surface area contributed by atoms with Crippen LogP contribution in [0.25, 0.3) is 0 Å². The normalized spacial score (nSPS) is 20.0. The lowest BCUT2D eigenvalue weighted by atomic mass is 9.72. The van der Waals surface area contributed by atoms with Gasteiger partial charge in [0, 0.05) is 24.7 Å². The Kier molecular flexibility index (Phi) is 7.65. The van der Waals surface area contributed by atoms with Crippen LogP contribution in [0.2, 0.25) is 0 Å². The topological polar surface area (TPSA) is 137 Å². The van der Waals surface area contributed by atoms with Crippen molar-refractivity contribution in [1.29, 1.82) is 0 Å². The highest BCUT2D eigenvalue weighted by Gasteiger charge is 2.36. The number of aromatic nitrogens is 1. The molecule has 1 atom stereocenters. The van der Waals surface area contributed by atoms with E-state index in [1.54, 1.807) is 26.0 Å². The summed E-state index contributed by atoms with van der Waals surface area (Å²) in [6, 6.07) is 6.19. The molecule has 0 bridgehead atoms. The molecule has 0 saturated heterocycles. The van der Waals surface area contributed by atoms with Crippen LogP contribution in [0.3, 0.4) is 0 Å². The largest absolute Gasteiger partial charge is 0.480 e. The van der Waals surface area contributed by atoms with E-state index in [0.717, 1.165) is 42.9 Å². The number of aryl methyl sites for hydroxylation is 4. The maximum absolute atomic E-state index is 13.0. The summed E-state index contributed by atoms with van der Waals surface area (Å²) in [5, 5.41) is 15.6. The molecular formula is C26H34N4O5S. The van der Waals surface area contributed by atoms with Crippen LogP contribution in [0.1, 0.15) is 47.2 Å². The molecule has 2 aliphatic rings. The van der Waals surface area contributed by atoms with E-state index in [9.17, 15) is 23.1 Å². The summed E-state index contributed by atoms with van der Waals surface area (Å²) in [5.41, 5.74) is 4.25. The lowest BCUT2D eigenvalue weighted by Crippen LogP contribution is -2.50. The Labute approximate surface area is 212 Å². The van der Waals surface area contributed by atoms with Gasteiger partial charge in [-0.1, -0.05) is 23.8 Å². The maximum Gasteiger partial charge on any atom is 0.323 e. The van der Waals surface area contributed by atoms with Gasteiger partial charge in [0.25, 0.3) is 0 Å². The molecule has 1 aliphatic heterocycles. The number of hydrogen-bond acceptors (Lipinski definition) is 6. The van der Waals surface area contributed by atoms with Gasteiger partial charge in [-0.3, -0.25) is 9.59 Å². The molecule has 1 amide bonds. The molecule has 0 spiro atoms. The number of benzene rings is 1. The Morgan fingerprint density at radius 2 is 1.86 bits per heavy atom. The van der Waals surface area contributed by atoms with Gasteiger partial charge in [-0.2, -0.15) is 4.72 Å². The monoisotopic (exact) mass is 514 g/mol. The Morgan fingerprint density at radius 3 is 2.53 bits per heavy atom. The van der Waals surface area contributed by atoms with Gasteiger partial charge in [0.2, 0.25) is 15.9 Å². The minimum absolute atomic E-state index is 0.0681. The van der Waals surface area contributed by atoms with Crippen molar-refractivity contribution in [3.63, 3.8) is 0 Å². The number of carboxylic acids is 1. The average molecular weight is 515 g/mol. The Bertz CT molecular complexity index is 1250. The van der Waals surface area contributed by atoms with Gasteiger partial charge in [0.15, 0.2) is 0 Å². The second-order valence-corrected chi connectivity index (χ2v) is 11.7. The molecule has 2 aromatic rings. The van der Waals surface area contributed by atoms with E-state index in [-0.39, 0.29) is 23.3 Å². The van der Waals surface area contributed by atoms with Gasteiger partial charge in [-0.25, -0.2) is 13.4 Å². The Balaban J connectivity index is 1.29. The summed E-state index contributed by atoms with van der Waals surface area (Å²) in [4.78, 5) is 29.2. The molecule has 1 saturated carbocycles. The van der Waals surface area contributed by atoms with Crippen molar-refractivity contribution in [3.8, 4) is 0 Å². The number of nitrogens with one attached hydrogen (secondary N) is 3. The first-order valence-electron chi connectivity index (χ1n) is 12.4. The predicted octanol–water partition coefficient (Wildman–Crippen LogP) is 2.48. The molecule has 4 N–H and O–H groups in total. The van der Waals surface area contributed by atoms with Crippen molar-refractivity contribution >= 4 is 27.7 Å². The zero-order valence-electron chi connectivity index (χ0n) is 20.9. The van der Waals surface area contributed by atoms with Crippen LogP contribution in [0, 0.1) is 32.6 Å². The molecule has 1 aromatic heterocycles. The number of amides is 1. The van der Waals surface area contributed by atoms with E-state index >= 15 is 0 Å². The number of aliphatic carboxylic acids is 1. The van der Waals surface area contributed by atoms with Gasteiger partial charge in [-0.05, 0) is 81.5 Å². The molecule has 2 heterocycles. The molecule has 0 unspecified atom stereocenters. The number of anilines is 1. The fourth-order valence-electron chi connectivity index (χ4n) is 5.26. The SMILES string of the molecule is Cc1cc(C)c(S(=O)(=O)N[C@@H](CNC(=O)[C@H]2C[C@@H](Cc3ccc4c(n3)NCCC4)C2)C(=O)O)c(C)c1. The van der Waals surface area contributed by atoms with E-state index in [2.05, 4.69) is 27.5 Å². The van der Waals surface area contributed by atoms with Crippen molar-refractivity contribution in [3.05, 3.63) is 52.2 Å². The van der Waals surface area contributed by atoms with Gasteiger partial charge < -0.3 is 15.7 Å². The van der Waals surface area contributed by atoms with Crippen LogP contribution >= 0.6 is 0 Å². The van der Waals surface area contributed by atoms with E-state index in [4.69, 9.17) is 4.98 Å². The smallest absolute Gasteiger partial charge is 0.323 e. The summed E-state index contributed by atoms with van der Waals surface area (Å²) in [6.07, 6.45) is 4.35. The van der Waals surface area contributed by atoms with Crippen molar-refractivity contribution in [1.82, 2.24) is 15.0 Å². The Morgan fingerprint density at radius 1 is 1.17 bits per heavy atom. The third-order valence-corrected chi connectivity index (χ3v) is 8.78. The number of sulfonamides is 1. The zero-order valence-corrected chi connectivity index (χ0v) is 21.7. The van der Waals surface area contributed by atoms with Crippen LogP contribution in [0.5, 0.6) is 0 Å². The molecule has 1 aliphatic carbocycles. The standard InChI is InChI=1S/C26H34N4O5S/c1-15-9-16(2)23(17(3)10-15)36(34,35)30-22(26(32)33)14-28-25(31)20-11-18(12-20)13-21-7-6-19-5-4-8-27-24(19)29-21/h6-7,9-10,18,20,22,30H,4-5,8,11-14H2,1-3H3,(H,27,29)(H,28,31)(H,32,33)/t18-,20+,22-/m0/s1. The maximum atomic E-state index is 13.0. The van der Waals surface area contributed by atoms with Crippen molar-refractivity contribution in [2.45, 2.75) is 63.8 Å². The number of pyridine rings is 1. The number of rotatable bonds is 9. The highest BCUT2D eigenvalue weighted by Crippen LogP contribution is 2.36. The lowest BCUT2D eigenvalue weighted by molar-refractivity contribution is -0.139. The summed E-state index contributed by atoms with van der Waals surface area (Å²) in [6.45, 7) is 5.83. The highest BCUT2D eigenvalue weighted by molar-refractivity contribution is 7.89. The van der Waals surface area contributed by atoms with Crippen LogP contribution in [0.4, 0.5) is 5.82 Å². The molecule has 1 fully saturated rings. The van der Waals surface area contributed by atoms with Gasteiger partial charge in [0.1, 0.15) is 11.9 Å². The lowest BCUT2D eigenvalue weighted by Gasteiger charge is -2.34. The number of fused-ring (bicyclic) bond motifs is 1. The van der Waals surface area contributed by atoms with E-state index in [1.807, 2.05) is 6.92 Å². The van der Waals surface area contributed by atoms with Crippen LogP contribution < -0.4 is 15.4 Å². The first kappa shape index (κ1) is 26.1. The molecule has 4 rings (SSSR count). The quantitative estimate of drug-likeness (QED) is 0.403.